The number of fused-ring (bicyclic) bond motifs is 5. The molecule has 0 radical (unpaired) electrons. The molecule has 6 aliphatic rings. The highest BCUT2D eigenvalue weighted by Crippen LogP contribution is 2.66. The predicted molar refractivity (Wildman–Crippen MR) is 159 cm³/mol. The van der Waals surface area contributed by atoms with Crippen LogP contribution in [0.5, 0.6) is 0 Å². The Labute approximate surface area is 269 Å². The number of rotatable bonds is 7. The lowest BCUT2D eigenvalue weighted by Crippen LogP contribution is -2.65. The van der Waals surface area contributed by atoms with Gasteiger partial charge in [0.2, 0.25) is 0 Å². The van der Waals surface area contributed by atoms with Gasteiger partial charge in [-0.2, -0.15) is 0 Å². The topological polar surface area (TPSA) is 216 Å². The Morgan fingerprint density at radius 1 is 0.848 bits per heavy atom. The van der Waals surface area contributed by atoms with E-state index in [2.05, 4.69) is 19.9 Å². The first kappa shape index (κ1) is 34.8. The highest BCUT2D eigenvalue weighted by molar-refractivity contribution is 5.95. The first-order valence-electron chi connectivity index (χ1n) is 16.9. The summed E-state index contributed by atoms with van der Waals surface area (Å²) in [5.41, 5.74) is 0.778. The van der Waals surface area contributed by atoms with Crippen molar-refractivity contribution in [3.05, 3.63) is 11.6 Å². The van der Waals surface area contributed by atoms with Crippen molar-refractivity contribution in [1.82, 2.24) is 0 Å². The second-order valence-electron chi connectivity index (χ2n) is 15.2. The molecule has 18 atom stereocenters. The van der Waals surface area contributed by atoms with E-state index in [1.807, 2.05) is 0 Å². The molecule has 0 aromatic rings. The molecule has 6 rings (SSSR count). The Morgan fingerprint density at radius 2 is 1.50 bits per heavy atom. The van der Waals surface area contributed by atoms with Gasteiger partial charge >= 0.3 is 0 Å². The number of aliphatic hydroxyl groups excluding tert-OH is 8. The minimum Gasteiger partial charge on any atom is -0.394 e. The van der Waals surface area contributed by atoms with E-state index in [4.69, 9.17) is 18.9 Å². The van der Waals surface area contributed by atoms with Gasteiger partial charge < -0.3 is 59.8 Å². The van der Waals surface area contributed by atoms with Crippen LogP contribution in [0.25, 0.3) is 0 Å². The van der Waals surface area contributed by atoms with Crippen LogP contribution >= 0.6 is 0 Å². The van der Waals surface area contributed by atoms with E-state index in [9.17, 15) is 45.6 Å². The molecular weight excluding hydrogens is 604 g/mol. The van der Waals surface area contributed by atoms with E-state index in [0.717, 1.165) is 37.7 Å². The molecule has 0 spiro atoms. The molecule has 3 saturated carbocycles. The summed E-state index contributed by atoms with van der Waals surface area (Å²) in [6.07, 6.45) is -8.81. The normalized spacial score (nSPS) is 53.9. The van der Waals surface area contributed by atoms with Gasteiger partial charge in [-0.1, -0.05) is 19.9 Å². The van der Waals surface area contributed by atoms with Crippen molar-refractivity contribution in [3.8, 4) is 0 Å². The standard InChI is InChI=1S/C33H52O13/c1-14(36)17-6-7-18-16-5-4-15-10-21(20(37)11-33(15,3)19(16)8-9-32(17,18)2)43-30-28(42)26(40)29(23(13-35)45-30)46-31-27(41)25(39)24(38)22(12-34)44-31/h6,15-16,18-31,34-35,37-42H,4-5,7-13H2,1-3H3/t15-,16-,18-,19-,20+,21+,22+,23+,24+,25-,26+,27+,28+,29-,30+,31-,32+,33-/m0/s1. The Balaban J connectivity index is 1.11. The van der Waals surface area contributed by atoms with E-state index >= 15 is 0 Å². The molecule has 0 amide bonds. The second-order valence-corrected chi connectivity index (χ2v) is 15.2. The van der Waals surface area contributed by atoms with Gasteiger partial charge in [0.15, 0.2) is 18.4 Å². The summed E-state index contributed by atoms with van der Waals surface area (Å²) in [6, 6.07) is 0. The Hall–Kier alpha value is -1.07. The number of ether oxygens (including phenoxy) is 4. The lowest BCUT2D eigenvalue weighted by molar-refractivity contribution is -0.366. The first-order chi connectivity index (χ1) is 21.7. The molecule has 8 N–H and O–H groups in total. The number of hydrogen-bond acceptors (Lipinski definition) is 13. The van der Waals surface area contributed by atoms with Gasteiger partial charge in [0, 0.05) is 0 Å². The molecule has 2 saturated heterocycles. The lowest BCUT2D eigenvalue weighted by atomic mass is 9.44. The van der Waals surface area contributed by atoms with Crippen molar-refractivity contribution in [1.29, 1.82) is 0 Å². The van der Waals surface area contributed by atoms with Crippen LogP contribution in [-0.4, -0.2) is 133 Å². The van der Waals surface area contributed by atoms with Gasteiger partial charge in [-0.3, -0.25) is 4.79 Å². The molecule has 4 aliphatic carbocycles. The largest absolute Gasteiger partial charge is 0.394 e. The fraction of sp³-hybridized carbons (Fsp3) is 0.909. The molecule has 46 heavy (non-hydrogen) atoms. The molecule has 0 aromatic heterocycles. The molecule has 2 heterocycles. The summed E-state index contributed by atoms with van der Waals surface area (Å²) in [5.74, 6) is 1.74. The zero-order valence-electron chi connectivity index (χ0n) is 26.8. The first-order valence-corrected chi connectivity index (χ1v) is 16.9. The zero-order valence-corrected chi connectivity index (χ0v) is 26.8. The maximum absolute atomic E-state index is 12.4. The van der Waals surface area contributed by atoms with E-state index in [1.165, 1.54) is 0 Å². The summed E-state index contributed by atoms with van der Waals surface area (Å²) in [5, 5.41) is 83.6. The van der Waals surface area contributed by atoms with E-state index in [1.54, 1.807) is 6.92 Å². The third kappa shape index (κ3) is 5.62. The number of allylic oxidation sites excluding steroid dienone is 2. The van der Waals surface area contributed by atoms with Crippen LogP contribution in [0.15, 0.2) is 11.6 Å². The fourth-order valence-electron chi connectivity index (χ4n) is 10.4. The highest BCUT2D eigenvalue weighted by atomic mass is 16.7. The summed E-state index contributed by atoms with van der Waals surface area (Å²) < 4.78 is 23.0. The van der Waals surface area contributed by atoms with Gasteiger partial charge in [-0.15, -0.1) is 0 Å². The molecule has 0 unspecified atom stereocenters. The SMILES string of the molecule is CC(=O)C1=CC[C@H]2[C@@H]3CC[C@H]4C[C@@H](O[C@@H]5O[C@H](CO)[C@H](O[C@@H]6O[C@H](CO)[C@@H](O)[C@H](O)[C@H]6O)[C@H](O)[C@H]5O)[C@H](O)C[C@]4(C)[C@H]3CC[C@]12C. The van der Waals surface area contributed by atoms with Gasteiger partial charge in [0.05, 0.1) is 25.4 Å². The average molecular weight is 657 g/mol. The molecule has 0 bridgehead atoms. The molecule has 13 heteroatoms. The minimum atomic E-state index is -1.75. The summed E-state index contributed by atoms with van der Waals surface area (Å²) in [7, 11) is 0. The number of Topliss-reactive ketones (excluding diaryl/α,β-unsaturated/α-hetero) is 1. The summed E-state index contributed by atoms with van der Waals surface area (Å²) >= 11 is 0. The van der Waals surface area contributed by atoms with Crippen molar-refractivity contribution >= 4 is 5.78 Å². The monoisotopic (exact) mass is 656 g/mol. The summed E-state index contributed by atoms with van der Waals surface area (Å²) in [4.78, 5) is 12.4. The zero-order chi connectivity index (χ0) is 33.3. The van der Waals surface area contributed by atoms with Gasteiger partial charge in [-0.25, -0.2) is 0 Å². The number of carbonyl (C=O) groups is 1. The van der Waals surface area contributed by atoms with Crippen molar-refractivity contribution in [3.63, 3.8) is 0 Å². The third-order valence-electron chi connectivity index (χ3n) is 12.9. The van der Waals surface area contributed by atoms with Crippen molar-refractivity contribution in [2.24, 2.45) is 34.5 Å². The second kappa shape index (κ2) is 13.0. The fourth-order valence-corrected chi connectivity index (χ4v) is 10.4. The van der Waals surface area contributed by atoms with Gasteiger partial charge in [0.25, 0.3) is 0 Å². The number of aliphatic hydroxyl groups is 8. The molecule has 262 valence electrons. The van der Waals surface area contributed by atoms with E-state index in [0.29, 0.717) is 30.6 Å². The minimum absolute atomic E-state index is 0.0853. The van der Waals surface area contributed by atoms with Crippen LogP contribution in [0, 0.1) is 34.5 Å². The van der Waals surface area contributed by atoms with Crippen LogP contribution in [0.2, 0.25) is 0 Å². The van der Waals surface area contributed by atoms with Gasteiger partial charge in [-0.05, 0) is 91.9 Å². The van der Waals surface area contributed by atoms with E-state index in [-0.39, 0.29) is 22.5 Å². The Morgan fingerprint density at radius 3 is 2.17 bits per heavy atom. The average Bonchev–Trinajstić information content (AvgIpc) is 3.38. The van der Waals surface area contributed by atoms with Crippen LogP contribution in [0.1, 0.15) is 65.7 Å². The predicted octanol–water partition coefficient (Wildman–Crippen LogP) is -0.865. The highest BCUT2D eigenvalue weighted by Gasteiger charge is 2.61. The number of carbonyl (C=O) groups excluding carboxylic acids is 1. The maximum atomic E-state index is 12.4. The maximum Gasteiger partial charge on any atom is 0.187 e. The van der Waals surface area contributed by atoms with Crippen LogP contribution in [0.3, 0.4) is 0 Å². The van der Waals surface area contributed by atoms with Crippen molar-refractivity contribution in [2.75, 3.05) is 13.2 Å². The van der Waals surface area contributed by atoms with Gasteiger partial charge in [0.1, 0.15) is 48.8 Å². The lowest BCUT2D eigenvalue weighted by Gasteiger charge is -2.61. The smallest absolute Gasteiger partial charge is 0.187 e. The molecule has 0 aromatic carbocycles. The molecule has 5 fully saturated rings. The van der Waals surface area contributed by atoms with Crippen molar-refractivity contribution < 1.29 is 64.6 Å². The Bertz CT molecular complexity index is 1150. The van der Waals surface area contributed by atoms with Crippen molar-refractivity contribution in [2.45, 2.75) is 139 Å². The third-order valence-corrected chi connectivity index (χ3v) is 12.9. The van der Waals surface area contributed by atoms with E-state index < -0.39 is 86.8 Å². The molecule has 13 nitrogen and oxygen atoms in total. The summed E-state index contributed by atoms with van der Waals surface area (Å²) in [6.45, 7) is 4.86. The Kier molecular flexibility index (Phi) is 9.83. The van der Waals surface area contributed by atoms with Crippen LogP contribution in [0.4, 0.5) is 0 Å². The van der Waals surface area contributed by atoms with Crippen LogP contribution < -0.4 is 0 Å². The van der Waals surface area contributed by atoms with Crippen LogP contribution in [-0.2, 0) is 23.7 Å². The quantitative estimate of drug-likeness (QED) is 0.157. The molecular formula is C33H52O13. The number of hydrogen-bond donors (Lipinski definition) is 8. The molecule has 2 aliphatic heterocycles. The number of ketones is 1.